The van der Waals surface area contributed by atoms with E-state index in [-0.39, 0.29) is 17.3 Å². The zero-order valence-corrected chi connectivity index (χ0v) is 14.8. The van der Waals surface area contributed by atoms with Crippen molar-refractivity contribution in [2.75, 3.05) is 5.75 Å². The molecule has 5 unspecified atom stereocenters. The molecule has 130 valence electrons. The van der Waals surface area contributed by atoms with Gasteiger partial charge in [-0.15, -0.1) is 0 Å². The highest BCUT2D eigenvalue weighted by molar-refractivity contribution is 8.14. The van der Waals surface area contributed by atoms with Crippen LogP contribution in [-0.4, -0.2) is 54.9 Å². The van der Waals surface area contributed by atoms with Gasteiger partial charge in [-0.3, -0.25) is 13.8 Å². The number of ether oxygens (including phenoxy) is 2. The quantitative estimate of drug-likeness (QED) is 0.524. The Balaban J connectivity index is 1.55. The Labute approximate surface area is 139 Å². The summed E-state index contributed by atoms with van der Waals surface area (Å²) in [6.45, 7) is 5.57. The molecule has 3 rings (SSSR count). The van der Waals surface area contributed by atoms with E-state index in [1.54, 1.807) is 0 Å². The predicted molar refractivity (Wildman–Crippen MR) is 82.3 cm³/mol. The van der Waals surface area contributed by atoms with Gasteiger partial charge in [-0.05, 0) is 12.8 Å². The smallest absolute Gasteiger partial charge is 0.316 e. The average Bonchev–Trinajstić information content (AvgIpc) is 3.08. The lowest BCUT2D eigenvalue weighted by atomic mass is 9.92. The van der Waals surface area contributed by atoms with Crippen LogP contribution in [0.3, 0.4) is 0 Å². The van der Waals surface area contributed by atoms with Crippen molar-refractivity contribution in [1.82, 2.24) is 0 Å². The number of hydrogen-bond donors (Lipinski definition) is 0. The standard InChI is InChI=1S/C14H20O7S2/c1-4-14(2,3)13(16)22-6-9(15)20-10-7-5-8-11(19-7)12(10)21-23(8,17)18/h7-8,10-12H,4-6H2,1-3H3. The van der Waals surface area contributed by atoms with Gasteiger partial charge >= 0.3 is 5.97 Å². The summed E-state index contributed by atoms with van der Waals surface area (Å²) >= 11 is 0.925. The first-order chi connectivity index (χ1) is 10.7. The van der Waals surface area contributed by atoms with Crippen LogP contribution in [-0.2, 0) is 33.4 Å². The molecule has 0 saturated carbocycles. The molecular formula is C14H20O7S2. The van der Waals surface area contributed by atoms with Gasteiger partial charge in [-0.25, -0.2) is 0 Å². The van der Waals surface area contributed by atoms with Crippen molar-refractivity contribution in [3.05, 3.63) is 0 Å². The monoisotopic (exact) mass is 364 g/mol. The van der Waals surface area contributed by atoms with Crippen LogP contribution in [0.5, 0.6) is 0 Å². The Kier molecular flexibility index (Phi) is 4.27. The molecule has 3 heterocycles. The van der Waals surface area contributed by atoms with Gasteiger partial charge in [0.05, 0.1) is 11.9 Å². The van der Waals surface area contributed by atoms with E-state index in [2.05, 4.69) is 0 Å². The van der Waals surface area contributed by atoms with Crippen molar-refractivity contribution in [2.24, 2.45) is 5.41 Å². The van der Waals surface area contributed by atoms with Crippen LogP contribution in [0.1, 0.15) is 33.6 Å². The van der Waals surface area contributed by atoms with Gasteiger partial charge in [0.2, 0.25) is 0 Å². The SMILES string of the molecule is CCC(C)(C)C(=O)SCC(=O)OC1C2CC3C(O2)C1OS3(=O)=O. The largest absolute Gasteiger partial charge is 0.456 e. The number of thioether (sulfide) groups is 1. The fourth-order valence-corrected chi connectivity index (χ4v) is 5.51. The molecule has 0 amide bonds. The third kappa shape index (κ3) is 2.92. The molecule has 3 aliphatic rings. The van der Waals surface area contributed by atoms with Gasteiger partial charge < -0.3 is 9.47 Å². The minimum Gasteiger partial charge on any atom is -0.456 e. The number of hydrogen-bond acceptors (Lipinski definition) is 8. The molecule has 0 radical (unpaired) electrons. The summed E-state index contributed by atoms with van der Waals surface area (Å²) < 4.78 is 39.5. The summed E-state index contributed by atoms with van der Waals surface area (Å²) in [5.41, 5.74) is -0.490. The van der Waals surface area contributed by atoms with Gasteiger partial charge in [0.15, 0.2) is 11.2 Å². The molecule has 0 spiro atoms. The van der Waals surface area contributed by atoms with Gasteiger partial charge in [-0.2, -0.15) is 8.42 Å². The Morgan fingerprint density at radius 1 is 1.30 bits per heavy atom. The highest BCUT2D eigenvalue weighted by Crippen LogP contribution is 2.47. The number of carbonyl (C=O) groups excluding carboxylic acids is 2. The van der Waals surface area contributed by atoms with Crippen molar-refractivity contribution in [1.29, 1.82) is 0 Å². The molecule has 7 nitrogen and oxygen atoms in total. The Hall–Kier alpha value is -0.640. The Bertz CT molecular complexity index is 627. The highest BCUT2D eigenvalue weighted by Gasteiger charge is 2.67. The molecule has 5 atom stereocenters. The van der Waals surface area contributed by atoms with Crippen molar-refractivity contribution in [3.8, 4) is 0 Å². The number of esters is 1. The Morgan fingerprint density at radius 2 is 2.00 bits per heavy atom. The predicted octanol–water partition coefficient (Wildman–Crippen LogP) is 0.863. The molecule has 0 aromatic carbocycles. The molecule has 23 heavy (non-hydrogen) atoms. The van der Waals surface area contributed by atoms with E-state index in [1.807, 2.05) is 20.8 Å². The zero-order valence-electron chi connectivity index (χ0n) is 13.2. The average molecular weight is 364 g/mol. The number of fused-ring (bicyclic) bond motifs is 1. The molecule has 3 aliphatic heterocycles. The molecule has 9 heteroatoms. The van der Waals surface area contributed by atoms with Crippen LogP contribution >= 0.6 is 11.8 Å². The van der Waals surface area contributed by atoms with E-state index in [0.717, 1.165) is 11.8 Å². The summed E-state index contributed by atoms with van der Waals surface area (Å²) in [5.74, 6) is -0.653. The maximum Gasteiger partial charge on any atom is 0.316 e. The summed E-state index contributed by atoms with van der Waals surface area (Å²) in [6.07, 6.45) is -1.48. The molecule has 3 saturated heterocycles. The van der Waals surface area contributed by atoms with Crippen LogP contribution in [0.4, 0.5) is 0 Å². The first-order valence-electron chi connectivity index (χ1n) is 7.60. The molecular weight excluding hydrogens is 344 g/mol. The minimum absolute atomic E-state index is 0.0686. The highest BCUT2D eigenvalue weighted by atomic mass is 32.2. The molecule has 3 fully saturated rings. The normalized spacial score (nSPS) is 37.1. The maximum absolute atomic E-state index is 12.0. The third-order valence-electron chi connectivity index (χ3n) is 4.82. The van der Waals surface area contributed by atoms with Crippen LogP contribution in [0.15, 0.2) is 0 Å². The molecule has 0 N–H and O–H groups in total. The van der Waals surface area contributed by atoms with Crippen LogP contribution in [0.2, 0.25) is 0 Å². The fraction of sp³-hybridized carbons (Fsp3) is 0.857. The lowest BCUT2D eigenvalue weighted by Crippen LogP contribution is -2.41. The fourth-order valence-electron chi connectivity index (χ4n) is 3.02. The summed E-state index contributed by atoms with van der Waals surface area (Å²) in [4.78, 5) is 24.0. The third-order valence-corrected chi connectivity index (χ3v) is 7.71. The first kappa shape index (κ1) is 17.2. The van der Waals surface area contributed by atoms with Gasteiger partial charge in [-0.1, -0.05) is 32.5 Å². The maximum atomic E-state index is 12.0. The van der Waals surface area contributed by atoms with E-state index < -0.39 is 51.2 Å². The Morgan fingerprint density at radius 3 is 2.65 bits per heavy atom. The molecule has 0 aromatic rings. The second-order valence-corrected chi connectivity index (χ2v) is 9.47. The molecule has 0 aromatic heterocycles. The van der Waals surface area contributed by atoms with Gasteiger partial charge in [0.25, 0.3) is 10.1 Å². The zero-order chi connectivity index (χ0) is 17.0. The van der Waals surface area contributed by atoms with Crippen LogP contribution < -0.4 is 0 Å². The lowest BCUT2D eigenvalue weighted by Gasteiger charge is -2.22. The summed E-state index contributed by atoms with van der Waals surface area (Å²) in [7, 11) is -3.62. The van der Waals surface area contributed by atoms with Gasteiger partial charge in [0, 0.05) is 5.41 Å². The molecule has 0 aliphatic carbocycles. The van der Waals surface area contributed by atoms with Crippen molar-refractivity contribution in [2.45, 2.75) is 63.3 Å². The second-order valence-electron chi connectivity index (χ2n) is 6.73. The van der Waals surface area contributed by atoms with E-state index in [0.29, 0.717) is 6.42 Å². The van der Waals surface area contributed by atoms with Crippen molar-refractivity contribution >= 4 is 33.0 Å². The van der Waals surface area contributed by atoms with Crippen LogP contribution in [0, 0.1) is 5.41 Å². The van der Waals surface area contributed by atoms with Crippen LogP contribution in [0.25, 0.3) is 0 Å². The second kappa shape index (κ2) is 5.72. The van der Waals surface area contributed by atoms with E-state index in [1.165, 1.54) is 0 Å². The number of carbonyl (C=O) groups is 2. The summed E-state index contributed by atoms with van der Waals surface area (Å²) in [6, 6.07) is 0. The first-order valence-corrected chi connectivity index (χ1v) is 10.1. The summed E-state index contributed by atoms with van der Waals surface area (Å²) in [5, 5.41) is -0.713. The van der Waals surface area contributed by atoms with E-state index >= 15 is 0 Å². The van der Waals surface area contributed by atoms with Crippen molar-refractivity contribution < 1.29 is 31.7 Å². The minimum atomic E-state index is -3.62. The lowest BCUT2D eigenvalue weighted by molar-refractivity contribution is -0.151. The van der Waals surface area contributed by atoms with E-state index in [4.69, 9.17) is 13.7 Å². The van der Waals surface area contributed by atoms with Gasteiger partial charge in [0.1, 0.15) is 17.5 Å². The van der Waals surface area contributed by atoms with Crippen molar-refractivity contribution in [3.63, 3.8) is 0 Å². The van der Waals surface area contributed by atoms with E-state index in [9.17, 15) is 18.0 Å². The molecule has 2 bridgehead atoms. The topological polar surface area (TPSA) is 96.0 Å². The number of rotatable bonds is 5.